The summed E-state index contributed by atoms with van der Waals surface area (Å²) in [6, 6.07) is 1.71. The van der Waals surface area contributed by atoms with Crippen molar-refractivity contribution in [1.29, 1.82) is 0 Å². The fraction of sp³-hybridized carbons (Fsp3) is 0.400. The van der Waals surface area contributed by atoms with Gasteiger partial charge in [0.2, 0.25) is 5.88 Å². The smallest absolute Gasteiger partial charge is 0.233 e. The molecule has 7 heteroatoms. The van der Waals surface area contributed by atoms with Crippen LogP contribution >= 0.6 is 0 Å². The van der Waals surface area contributed by atoms with Crippen LogP contribution in [-0.2, 0) is 5.66 Å². The lowest BCUT2D eigenvalue weighted by molar-refractivity contribution is 0.232. The molecule has 7 nitrogen and oxygen atoms in total. The second-order valence-electron chi connectivity index (χ2n) is 4.09. The number of guanidine groups is 1. The van der Waals surface area contributed by atoms with E-state index in [-0.39, 0.29) is 12.1 Å². The second-order valence-corrected chi connectivity index (χ2v) is 4.09. The molecule has 1 unspecified atom stereocenters. The number of ether oxygens (including phenoxy) is 1. The van der Waals surface area contributed by atoms with Crippen LogP contribution in [0.4, 0.5) is 0 Å². The molecule has 0 fully saturated rings. The molecule has 0 radical (unpaired) electrons. The lowest BCUT2D eigenvalue weighted by Gasteiger charge is -2.23. The summed E-state index contributed by atoms with van der Waals surface area (Å²) in [4.78, 5) is 4.12. The van der Waals surface area contributed by atoms with Crippen LogP contribution in [0.3, 0.4) is 0 Å². The molecule has 2 heterocycles. The maximum Gasteiger partial charge on any atom is 0.233 e. The third-order valence-electron chi connectivity index (χ3n) is 2.22. The zero-order chi connectivity index (χ0) is 12.5. The fourth-order valence-corrected chi connectivity index (χ4v) is 1.48. The standard InChI is InChI=1S/C10H16N6O/c1-6(2)17-8-5-7(15-16-8)10(12)3-4-13-9(11)14-10/h3-6H,12H2,1-2H3,(H,15,16)(H3,11,13,14). The first-order chi connectivity index (χ1) is 7.99. The Labute approximate surface area is 98.9 Å². The van der Waals surface area contributed by atoms with Crippen molar-refractivity contribution in [3.8, 4) is 5.88 Å². The highest BCUT2D eigenvalue weighted by Crippen LogP contribution is 2.24. The Bertz CT molecular complexity index is 463. The predicted molar refractivity (Wildman–Crippen MR) is 64.1 cm³/mol. The summed E-state index contributed by atoms with van der Waals surface area (Å²) < 4.78 is 5.44. The van der Waals surface area contributed by atoms with Crippen molar-refractivity contribution < 1.29 is 4.74 Å². The van der Waals surface area contributed by atoms with Gasteiger partial charge in [0, 0.05) is 12.3 Å². The van der Waals surface area contributed by atoms with Gasteiger partial charge in [-0.3, -0.25) is 10.8 Å². The van der Waals surface area contributed by atoms with Gasteiger partial charge >= 0.3 is 0 Å². The SMILES string of the molecule is CC(C)Oc1cc(C2(N)C=CNC(N)=N2)[nH]n1. The molecular formula is C10H16N6O. The van der Waals surface area contributed by atoms with E-state index in [9.17, 15) is 0 Å². The highest BCUT2D eigenvalue weighted by Gasteiger charge is 2.28. The van der Waals surface area contributed by atoms with E-state index in [2.05, 4.69) is 20.5 Å². The molecule has 0 bridgehead atoms. The molecule has 17 heavy (non-hydrogen) atoms. The van der Waals surface area contributed by atoms with E-state index >= 15 is 0 Å². The minimum Gasteiger partial charge on any atom is -0.474 e. The minimum absolute atomic E-state index is 0.0528. The molecule has 6 N–H and O–H groups in total. The highest BCUT2D eigenvalue weighted by atomic mass is 16.5. The van der Waals surface area contributed by atoms with E-state index in [1.165, 1.54) is 0 Å². The number of nitrogens with zero attached hydrogens (tertiary/aromatic N) is 2. The second kappa shape index (κ2) is 4.10. The lowest BCUT2D eigenvalue weighted by Crippen LogP contribution is -2.42. The highest BCUT2D eigenvalue weighted by molar-refractivity contribution is 5.80. The molecule has 0 aromatic carbocycles. The largest absolute Gasteiger partial charge is 0.474 e. The summed E-state index contributed by atoms with van der Waals surface area (Å²) in [5.41, 5.74) is 11.3. The zero-order valence-electron chi connectivity index (χ0n) is 9.77. The zero-order valence-corrected chi connectivity index (χ0v) is 9.77. The Morgan fingerprint density at radius 3 is 2.88 bits per heavy atom. The number of hydrogen-bond donors (Lipinski definition) is 4. The fourth-order valence-electron chi connectivity index (χ4n) is 1.48. The number of nitrogens with one attached hydrogen (secondary N) is 2. The number of aromatic nitrogens is 2. The van der Waals surface area contributed by atoms with Crippen LogP contribution in [0.1, 0.15) is 19.5 Å². The predicted octanol–water partition coefficient (Wildman–Crippen LogP) is -0.260. The van der Waals surface area contributed by atoms with Crippen molar-refractivity contribution in [3.05, 3.63) is 24.0 Å². The van der Waals surface area contributed by atoms with Gasteiger partial charge in [-0.05, 0) is 19.9 Å². The van der Waals surface area contributed by atoms with Crippen LogP contribution in [0, 0.1) is 0 Å². The van der Waals surface area contributed by atoms with E-state index in [1.54, 1.807) is 18.3 Å². The maximum atomic E-state index is 6.09. The molecule has 92 valence electrons. The van der Waals surface area contributed by atoms with Crippen LogP contribution in [0.5, 0.6) is 5.88 Å². The van der Waals surface area contributed by atoms with Crippen LogP contribution in [-0.4, -0.2) is 22.3 Å². The molecule has 1 aliphatic rings. The van der Waals surface area contributed by atoms with Crippen LogP contribution < -0.4 is 21.5 Å². The van der Waals surface area contributed by atoms with Gasteiger partial charge in [-0.25, -0.2) is 4.99 Å². The van der Waals surface area contributed by atoms with Crippen LogP contribution in [0.25, 0.3) is 0 Å². The third-order valence-corrected chi connectivity index (χ3v) is 2.22. The Balaban J connectivity index is 2.25. The number of nitrogens with two attached hydrogens (primary N) is 2. The molecule has 0 aliphatic carbocycles. The van der Waals surface area contributed by atoms with E-state index in [4.69, 9.17) is 16.2 Å². The number of hydrogen-bond acceptors (Lipinski definition) is 6. The van der Waals surface area contributed by atoms with Gasteiger partial charge < -0.3 is 15.8 Å². The number of aromatic amines is 1. The summed E-state index contributed by atoms with van der Waals surface area (Å²) in [5, 5.41) is 9.56. The Morgan fingerprint density at radius 2 is 2.24 bits per heavy atom. The van der Waals surface area contributed by atoms with Gasteiger partial charge in [0.05, 0.1) is 11.8 Å². The number of H-pyrrole nitrogens is 1. The van der Waals surface area contributed by atoms with Crippen molar-refractivity contribution in [2.24, 2.45) is 16.5 Å². The lowest BCUT2D eigenvalue weighted by atomic mass is 10.1. The van der Waals surface area contributed by atoms with Crippen molar-refractivity contribution in [1.82, 2.24) is 15.5 Å². The average molecular weight is 236 g/mol. The molecule has 1 aliphatic heterocycles. The molecule has 0 saturated carbocycles. The summed E-state index contributed by atoms with van der Waals surface area (Å²) in [6.07, 6.45) is 3.39. The Hall–Kier alpha value is -2.02. The van der Waals surface area contributed by atoms with E-state index in [0.29, 0.717) is 11.6 Å². The quantitative estimate of drug-likeness (QED) is 0.577. The minimum atomic E-state index is -1.03. The first-order valence-electron chi connectivity index (χ1n) is 5.30. The molecule has 0 amide bonds. The summed E-state index contributed by atoms with van der Waals surface area (Å²) in [7, 11) is 0. The normalized spacial score (nSPS) is 23.4. The van der Waals surface area contributed by atoms with Crippen molar-refractivity contribution in [3.63, 3.8) is 0 Å². The van der Waals surface area contributed by atoms with Gasteiger partial charge in [-0.1, -0.05) is 0 Å². The van der Waals surface area contributed by atoms with Crippen LogP contribution in [0.2, 0.25) is 0 Å². The van der Waals surface area contributed by atoms with Gasteiger partial charge in [0.1, 0.15) is 0 Å². The van der Waals surface area contributed by atoms with E-state index in [0.717, 1.165) is 0 Å². The molecule has 1 atom stereocenters. The molecule has 2 rings (SSSR count). The Morgan fingerprint density at radius 1 is 1.47 bits per heavy atom. The summed E-state index contributed by atoms with van der Waals surface area (Å²) in [5.74, 6) is 0.747. The molecular weight excluding hydrogens is 220 g/mol. The van der Waals surface area contributed by atoms with Gasteiger partial charge in [-0.15, -0.1) is 5.10 Å². The van der Waals surface area contributed by atoms with E-state index in [1.807, 2.05) is 13.8 Å². The monoisotopic (exact) mass is 236 g/mol. The van der Waals surface area contributed by atoms with Gasteiger partial charge in [0.15, 0.2) is 11.6 Å². The number of rotatable bonds is 3. The first-order valence-corrected chi connectivity index (χ1v) is 5.30. The summed E-state index contributed by atoms with van der Waals surface area (Å²) >= 11 is 0. The van der Waals surface area contributed by atoms with Gasteiger partial charge in [-0.2, -0.15) is 0 Å². The first kappa shape index (κ1) is 11.5. The van der Waals surface area contributed by atoms with Gasteiger partial charge in [0.25, 0.3) is 0 Å². The van der Waals surface area contributed by atoms with E-state index < -0.39 is 5.66 Å². The number of aliphatic imine (C=N–C) groups is 1. The summed E-state index contributed by atoms with van der Waals surface area (Å²) in [6.45, 7) is 3.85. The molecule has 0 spiro atoms. The average Bonchev–Trinajstić information content (AvgIpc) is 2.65. The van der Waals surface area contributed by atoms with Crippen molar-refractivity contribution >= 4 is 5.96 Å². The topological polar surface area (TPSA) is 114 Å². The molecule has 0 saturated heterocycles. The third kappa shape index (κ3) is 2.39. The van der Waals surface area contributed by atoms with Crippen LogP contribution in [0.15, 0.2) is 23.3 Å². The van der Waals surface area contributed by atoms with Crippen molar-refractivity contribution in [2.45, 2.75) is 25.6 Å². The Kier molecular flexibility index (Phi) is 2.76. The molecule has 1 aromatic rings. The molecule has 1 aromatic heterocycles. The van der Waals surface area contributed by atoms with Crippen molar-refractivity contribution in [2.75, 3.05) is 0 Å². The maximum absolute atomic E-state index is 6.09.